The Morgan fingerprint density at radius 1 is 1.07 bits per heavy atom. The minimum Gasteiger partial charge on any atom is -0.340 e. The number of nitrogens with one attached hydrogen (secondary N) is 2. The zero-order valence-electron chi connectivity index (χ0n) is 16.6. The molecule has 0 aromatic heterocycles. The number of carbonyl (C=O) groups excluding carboxylic acids is 2. The Balaban J connectivity index is 1.36. The van der Waals surface area contributed by atoms with Gasteiger partial charge in [-0.1, -0.05) is 30.3 Å². The average Bonchev–Trinajstić information content (AvgIpc) is 2.76. The van der Waals surface area contributed by atoms with Gasteiger partial charge in [-0.25, -0.2) is 9.38 Å². The van der Waals surface area contributed by atoms with E-state index in [4.69, 9.17) is 0 Å². The maximum Gasteiger partial charge on any atom is 0.249 e. The molecule has 1 saturated heterocycles. The molecule has 2 amide bonds. The van der Waals surface area contributed by atoms with Gasteiger partial charge in [0.15, 0.2) is 0 Å². The summed E-state index contributed by atoms with van der Waals surface area (Å²) in [5.74, 6) is -0.538. The van der Waals surface area contributed by atoms with Crippen molar-refractivity contribution >= 4 is 23.5 Å². The van der Waals surface area contributed by atoms with Gasteiger partial charge in [0.1, 0.15) is 11.9 Å². The van der Waals surface area contributed by atoms with Gasteiger partial charge in [0.2, 0.25) is 17.8 Å². The molecule has 4 rings (SSSR count). The minimum absolute atomic E-state index is 0.00942. The molecule has 0 aliphatic carbocycles. The first-order valence-corrected chi connectivity index (χ1v) is 10.0. The molecule has 8 heteroatoms. The lowest BCUT2D eigenvalue weighted by Crippen LogP contribution is -2.56. The van der Waals surface area contributed by atoms with Gasteiger partial charge in [-0.05, 0) is 29.8 Å². The molecule has 2 aromatic rings. The van der Waals surface area contributed by atoms with E-state index in [1.807, 2.05) is 23.1 Å². The fourth-order valence-electron chi connectivity index (χ4n) is 3.61. The van der Waals surface area contributed by atoms with E-state index in [2.05, 4.69) is 32.7 Å². The van der Waals surface area contributed by atoms with Gasteiger partial charge in [0.05, 0.1) is 6.42 Å². The number of hydrogen-bond acceptors (Lipinski definition) is 5. The summed E-state index contributed by atoms with van der Waals surface area (Å²) in [6.07, 6.45) is -0.00942. The summed E-state index contributed by atoms with van der Waals surface area (Å²) in [7, 11) is 0. The van der Waals surface area contributed by atoms with Crippen molar-refractivity contribution in [2.24, 2.45) is 4.99 Å². The van der Waals surface area contributed by atoms with Crippen LogP contribution in [0.2, 0.25) is 0 Å². The zero-order valence-corrected chi connectivity index (χ0v) is 16.6. The summed E-state index contributed by atoms with van der Waals surface area (Å²) >= 11 is 0. The van der Waals surface area contributed by atoms with E-state index in [0.29, 0.717) is 11.6 Å². The Morgan fingerprint density at radius 2 is 1.77 bits per heavy atom. The number of benzene rings is 2. The van der Waals surface area contributed by atoms with E-state index < -0.39 is 6.04 Å². The summed E-state index contributed by atoms with van der Waals surface area (Å²) < 4.78 is 13.0. The molecular weight excluding hydrogens is 385 g/mol. The minimum atomic E-state index is -0.804. The fourth-order valence-corrected chi connectivity index (χ4v) is 3.61. The van der Waals surface area contributed by atoms with Crippen LogP contribution in [0.1, 0.15) is 12.0 Å². The molecule has 2 aliphatic heterocycles. The van der Waals surface area contributed by atoms with E-state index >= 15 is 0 Å². The number of anilines is 1. The van der Waals surface area contributed by atoms with E-state index in [-0.39, 0.29) is 24.1 Å². The van der Waals surface area contributed by atoms with Gasteiger partial charge in [-0.2, -0.15) is 0 Å². The van der Waals surface area contributed by atoms with Crippen molar-refractivity contribution in [2.45, 2.75) is 19.0 Å². The van der Waals surface area contributed by atoms with E-state index in [9.17, 15) is 14.0 Å². The smallest absolute Gasteiger partial charge is 0.249 e. The van der Waals surface area contributed by atoms with Gasteiger partial charge in [0.25, 0.3) is 0 Å². The van der Waals surface area contributed by atoms with Crippen molar-refractivity contribution in [3.63, 3.8) is 0 Å². The van der Waals surface area contributed by atoms with Crippen molar-refractivity contribution in [3.8, 4) is 0 Å². The predicted octanol–water partition coefficient (Wildman–Crippen LogP) is 1.83. The molecule has 2 N–H and O–H groups in total. The van der Waals surface area contributed by atoms with Crippen LogP contribution in [-0.2, 0) is 16.1 Å². The number of hydrogen-bond donors (Lipinski definition) is 2. The summed E-state index contributed by atoms with van der Waals surface area (Å²) in [6.45, 7) is 4.01. The Hall–Kier alpha value is -3.26. The number of halogens is 1. The lowest BCUT2D eigenvalue weighted by Gasteiger charge is -2.37. The summed E-state index contributed by atoms with van der Waals surface area (Å²) in [4.78, 5) is 33.6. The number of piperazine rings is 1. The molecule has 2 aromatic carbocycles. The van der Waals surface area contributed by atoms with Crippen LogP contribution in [0.3, 0.4) is 0 Å². The number of aliphatic imine (C=N–C) groups is 1. The normalized spacial score (nSPS) is 19.8. The Morgan fingerprint density at radius 3 is 2.47 bits per heavy atom. The molecule has 0 spiro atoms. The van der Waals surface area contributed by atoms with Gasteiger partial charge < -0.3 is 10.2 Å². The molecular formula is C22H24FN5O2. The van der Waals surface area contributed by atoms with Crippen LogP contribution in [0.4, 0.5) is 10.1 Å². The lowest BCUT2D eigenvalue weighted by atomic mass is 10.1. The number of amides is 2. The highest BCUT2D eigenvalue weighted by Crippen LogP contribution is 2.14. The second-order valence-electron chi connectivity index (χ2n) is 7.47. The Bertz CT molecular complexity index is 924. The van der Waals surface area contributed by atoms with Crippen LogP contribution >= 0.6 is 0 Å². The Labute approximate surface area is 174 Å². The second kappa shape index (κ2) is 9.04. The molecule has 2 aliphatic rings. The van der Waals surface area contributed by atoms with E-state index in [0.717, 1.165) is 32.7 Å². The van der Waals surface area contributed by atoms with Gasteiger partial charge in [0, 0.05) is 38.4 Å². The van der Waals surface area contributed by atoms with Gasteiger partial charge >= 0.3 is 0 Å². The number of guanidine groups is 1. The molecule has 30 heavy (non-hydrogen) atoms. The molecule has 0 saturated carbocycles. The monoisotopic (exact) mass is 409 g/mol. The van der Waals surface area contributed by atoms with Crippen LogP contribution in [0.5, 0.6) is 0 Å². The SMILES string of the molecule is O=C1CC(C(=O)Nc2ccc(F)cc2)N=C(N2CCN(Cc3ccccc3)CC2)N1. The number of rotatable bonds is 4. The van der Waals surface area contributed by atoms with E-state index in [1.54, 1.807) is 0 Å². The maximum atomic E-state index is 13.0. The summed E-state index contributed by atoms with van der Waals surface area (Å²) in [5, 5.41) is 5.49. The van der Waals surface area contributed by atoms with Crippen LogP contribution in [0.15, 0.2) is 59.6 Å². The maximum absolute atomic E-state index is 13.0. The van der Waals surface area contributed by atoms with Crippen molar-refractivity contribution < 1.29 is 14.0 Å². The molecule has 1 fully saturated rings. The topological polar surface area (TPSA) is 77.0 Å². The first-order valence-electron chi connectivity index (χ1n) is 10.0. The first kappa shape index (κ1) is 20.0. The second-order valence-corrected chi connectivity index (χ2v) is 7.47. The first-order chi connectivity index (χ1) is 14.6. The zero-order chi connectivity index (χ0) is 20.9. The molecule has 0 radical (unpaired) electrons. The van der Waals surface area contributed by atoms with Crippen molar-refractivity contribution in [3.05, 3.63) is 66.0 Å². The lowest BCUT2D eigenvalue weighted by molar-refractivity contribution is -0.125. The van der Waals surface area contributed by atoms with Crippen LogP contribution in [0.25, 0.3) is 0 Å². The molecule has 2 heterocycles. The Kier molecular flexibility index (Phi) is 6.04. The molecule has 0 bridgehead atoms. The highest BCUT2D eigenvalue weighted by Gasteiger charge is 2.30. The van der Waals surface area contributed by atoms with Crippen molar-refractivity contribution in [2.75, 3.05) is 31.5 Å². The number of carbonyl (C=O) groups is 2. The fraction of sp³-hybridized carbons (Fsp3) is 0.318. The number of nitrogens with zero attached hydrogens (tertiary/aromatic N) is 3. The highest BCUT2D eigenvalue weighted by atomic mass is 19.1. The standard InChI is InChI=1S/C22H24FN5O2/c23-17-6-8-18(9-7-17)24-21(30)19-14-20(29)26-22(25-19)28-12-10-27(11-13-28)15-16-4-2-1-3-5-16/h1-9,19H,10-15H2,(H,24,30)(H,25,26,29). The molecule has 1 unspecified atom stereocenters. The summed E-state index contributed by atoms with van der Waals surface area (Å²) in [6, 6.07) is 15.0. The van der Waals surface area contributed by atoms with Gasteiger partial charge in [-0.3, -0.25) is 19.8 Å². The molecule has 156 valence electrons. The predicted molar refractivity (Wildman–Crippen MR) is 112 cm³/mol. The van der Waals surface area contributed by atoms with Crippen LogP contribution < -0.4 is 10.6 Å². The highest BCUT2D eigenvalue weighted by molar-refractivity contribution is 6.05. The largest absolute Gasteiger partial charge is 0.340 e. The molecule has 7 nitrogen and oxygen atoms in total. The average molecular weight is 409 g/mol. The molecule has 1 atom stereocenters. The third kappa shape index (κ3) is 5.01. The van der Waals surface area contributed by atoms with Crippen molar-refractivity contribution in [1.29, 1.82) is 0 Å². The van der Waals surface area contributed by atoms with E-state index in [1.165, 1.54) is 29.8 Å². The third-order valence-corrected chi connectivity index (χ3v) is 5.24. The van der Waals surface area contributed by atoms with Gasteiger partial charge in [-0.15, -0.1) is 0 Å². The third-order valence-electron chi connectivity index (χ3n) is 5.24. The quantitative estimate of drug-likeness (QED) is 0.808. The van der Waals surface area contributed by atoms with Crippen molar-refractivity contribution in [1.82, 2.24) is 15.1 Å². The van der Waals surface area contributed by atoms with Crippen LogP contribution in [0, 0.1) is 5.82 Å². The summed E-state index contributed by atoms with van der Waals surface area (Å²) in [5.41, 5.74) is 1.74. The van der Waals surface area contributed by atoms with Crippen LogP contribution in [-0.4, -0.2) is 59.8 Å².